The maximum atomic E-state index is 11.7. The lowest BCUT2D eigenvalue weighted by atomic mass is 10.0. The predicted molar refractivity (Wildman–Crippen MR) is 150 cm³/mol. The first-order chi connectivity index (χ1) is 18.5. The largest absolute Gasteiger partial charge is 0.496 e. The standard InChI is InChI=1S/C29H32N4O4S/c1-36-28-19-27-26(18-23(28)8-5-13-33-14-16-38(34,35)17-15-33)29(31-21-30-27)32-24-9-11-25(12-10-24)37-20-22-6-3-2-4-7-22/h2-4,6-7,9-12,18-19,21H,5,8,13-17,20H2,1H3,(H,30,31,32). The molecule has 9 heteroatoms. The molecule has 0 saturated carbocycles. The lowest BCUT2D eigenvalue weighted by molar-refractivity contribution is 0.291. The van der Waals surface area contributed by atoms with E-state index in [1.165, 1.54) is 0 Å². The van der Waals surface area contributed by atoms with Crippen LogP contribution in [0.1, 0.15) is 17.5 Å². The highest BCUT2D eigenvalue weighted by atomic mass is 32.2. The van der Waals surface area contributed by atoms with Gasteiger partial charge in [-0.2, -0.15) is 0 Å². The first-order valence-electron chi connectivity index (χ1n) is 12.8. The average Bonchev–Trinajstić information content (AvgIpc) is 2.94. The van der Waals surface area contributed by atoms with Crippen molar-refractivity contribution < 1.29 is 17.9 Å². The number of aromatic nitrogens is 2. The molecule has 1 aliphatic rings. The number of nitrogens with one attached hydrogen (secondary N) is 1. The zero-order chi connectivity index (χ0) is 26.4. The SMILES string of the molecule is COc1cc2ncnc(Nc3ccc(OCc4ccccc4)cc3)c2cc1CCCN1CCS(=O)(=O)CC1. The van der Waals surface area contributed by atoms with Gasteiger partial charge in [0.1, 0.15) is 30.3 Å². The van der Waals surface area contributed by atoms with Crippen molar-refractivity contribution in [2.45, 2.75) is 19.4 Å². The van der Waals surface area contributed by atoms with Gasteiger partial charge in [-0.15, -0.1) is 0 Å². The summed E-state index contributed by atoms with van der Waals surface area (Å²) in [6, 6.07) is 21.9. The summed E-state index contributed by atoms with van der Waals surface area (Å²) in [5.41, 5.74) is 3.89. The zero-order valence-corrected chi connectivity index (χ0v) is 22.3. The molecular weight excluding hydrogens is 500 g/mol. The molecule has 0 unspecified atom stereocenters. The molecule has 0 radical (unpaired) electrons. The Morgan fingerprint density at radius 2 is 1.74 bits per heavy atom. The van der Waals surface area contributed by atoms with Crippen LogP contribution in [0.15, 0.2) is 73.1 Å². The van der Waals surface area contributed by atoms with Gasteiger partial charge in [0.2, 0.25) is 0 Å². The molecule has 198 valence electrons. The Balaban J connectivity index is 1.26. The number of ether oxygens (including phenoxy) is 2. The predicted octanol–water partition coefficient (Wildman–Crippen LogP) is 4.62. The second-order valence-electron chi connectivity index (χ2n) is 9.42. The molecule has 0 atom stereocenters. The molecule has 2 heterocycles. The summed E-state index contributed by atoms with van der Waals surface area (Å²) in [5, 5.41) is 4.33. The Morgan fingerprint density at radius 1 is 0.974 bits per heavy atom. The molecule has 0 aliphatic carbocycles. The van der Waals surface area contributed by atoms with Gasteiger partial charge in [-0.25, -0.2) is 18.4 Å². The second kappa shape index (κ2) is 11.8. The van der Waals surface area contributed by atoms with E-state index in [4.69, 9.17) is 9.47 Å². The molecular formula is C29H32N4O4S. The topological polar surface area (TPSA) is 93.7 Å². The zero-order valence-electron chi connectivity index (χ0n) is 21.5. The molecule has 38 heavy (non-hydrogen) atoms. The van der Waals surface area contributed by atoms with Crippen molar-refractivity contribution >= 4 is 32.2 Å². The van der Waals surface area contributed by atoms with E-state index in [1.54, 1.807) is 13.4 Å². The van der Waals surface area contributed by atoms with Gasteiger partial charge in [-0.05, 0) is 60.8 Å². The number of rotatable bonds is 10. The van der Waals surface area contributed by atoms with Crippen LogP contribution >= 0.6 is 0 Å². The van der Waals surface area contributed by atoms with Crippen molar-refractivity contribution in [3.63, 3.8) is 0 Å². The summed E-state index contributed by atoms with van der Waals surface area (Å²) in [6.45, 7) is 2.59. The molecule has 1 fully saturated rings. The third kappa shape index (κ3) is 6.59. The third-order valence-corrected chi connectivity index (χ3v) is 8.37. The molecule has 0 bridgehead atoms. The number of aryl methyl sites for hydroxylation is 1. The van der Waals surface area contributed by atoms with Gasteiger partial charge in [0.05, 0.1) is 24.1 Å². The van der Waals surface area contributed by atoms with Crippen LogP contribution in [0.3, 0.4) is 0 Å². The molecule has 1 aliphatic heterocycles. The van der Waals surface area contributed by atoms with Crippen LogP contribution < -0.4 is 14.8 Å². The maximum absolute atomic E-state index is 11.7. The van der Waals surface area contributed by atoms with Crippen LogP contribution in [0.5, 0.6) is 11.5 Å². The quantitative estimate of drug-likeness (QED) is 0.316. The fourth-order valence-electron chi connectivity index (χ4n) is 4.59. The number of fused-ring (bicyclic) bond motifs is 1. The highest BCUT2D eigenvalue weighted by Gasteiger charge is 2.21. The normalized spacial score (nSPS) is 15.3. The molecule has 1 saturated heterocycles. The van der Waals surface area contributed by atoms with Crippen molar-refractivity contribution in [2.75, 3.05) is 43.6 Å². The number of benzene rings is 3. The number of sulfone groups is 1. The average molecular weight is 533 g/mol. The summed E-state index contributed by atoms with van der Waals surface area (Å²) < 4.78 is 35.0. The molecule has 5 rings (SSSR count). The first kappa shape index (κ1) is 25.9. The number of methoxy groups -OCH3 is 1. The third-order valence-electron chi connectivity index (χ3n) is 6.76. The van der Waals surface area contributed by atoms with E-state index in [1.807, 2.05) is 60.7 Å². The Kier molecular flexibility index (Phi) is 8.05. The highest BCUT2D eigenvalue weighted by Crippen LogP contribution is 2.31. The summed E-state index contributed by atoms with van der Waals surface area (Å²) in [5.74, 6) is 2.81. The van der Waals surface area contributed by atoms with Gasteiger partial charge in [0.25, 0.3) is 0 Å². The van der Waals surface area contributed by atoms with E-state index in [2.05, 4.69) is 26.3 Å². The molecule has 0 spiro atoms. The van der Waals surface area contributed by atoms with Crippen molar-refractivity contribution in [3.05, 3.63) is 84.2 Å². The minimum Gasteiger partial charge on any atom is -0.496 e. The summed E-state index contributed by atoms with van der Waals surface area (Å²) >= 11 is 0. The summed E-state index contributed by atoms with van der Waals surface area (Å²) in [4.78, 5) is 11.2. The Morgan fingerprint density at radius 3 is 2.47 bits per heavy atom. The minimum atomic E-state index is -2.87. The summed E-state index contributed by atoms with van der Waals surface area (Å²) in [6.07, 6.45) is 3.26. The Bertz CT molecular complexity index is 1460. The molecule has 8 nitrogen and oxygen atoms in total. The van der Waals surface area contributed by atoms with Gasteiger partial charge in [0, 0.05) is 30.2 Å². The summed E-state index contributed by atoms with van der Waals surface area (Å²) in [7, 11) is -1.20. The van der Waals surface area contributed by atoms with Crippen LogP contribution in [-0.4, -0.2) is 61.5 Å². The van der Waals surface area contributed by atoms with E-state index in [-0.39, 0.29) is 11.5 Å². The Hall–Kier alpha value is -3.69. The van der Waals surface area contributed by atoms with Crippen molar-refractivity contribution in [1.82, 2.24) is 14.9 Å². The smallest absolute Gasteiger partial charge is 0.152 e. The molecule has 1 aromatic heterocycles. The second-order valence-corrected chi connectivity index (χ2v) is 11.7. The number of hydrogen-bond donors (Lipinski definition) is 1. The van der Waals surface area contributed by atoms with E-state index >= 15 is 0 Å². The van der Waals surface area contributed by atoms with E-state index < -0.39 is 9.84 Å². The van der Waals surface area contributed by atoms with Crippen LogP contribution in [0.4, 0.5) is 11.5 Å². The monoisotopic (exact) mass is 532 g/mol. The van der Waals surface area contributed by atoms with Gasteiger partial charge in [-0.1, -0.05) is 30.3 Å². The lowest BCUT2D eigenvalue weighted by Gasteiger charge is -2.26. The van der Waals surface area contributed by atoms with Crippen LogP contribution in [0.25, 0.3) is 10.9 Å². The van der Waals surface area contributed by atoms with Gasteiger partial charge in [0.15, 0.2) is 9.84 Å². The first-order valence-corrected chi connectivity index (χ1v) is 14.6. The molecule has 1 N–H and O–H groups in total. The lowest BCUT2D eigenvalue weighted by Crippen LogP contribution is -2.40. The van der Waals surface area contributed by atoms with Gasteiger partial charge < -0.3 is 19.7 Å². The van der Waals surface area contributed by atoms with Crippen molar-refractivity contribution in [2.24, 2.45) is 0 Å². The molecule has 0 amide bonds. The van der Waals surface area contributed by atoms with E-state index in [0.29, 0.717) is 19.7 Å². The van der Waals surface area contributed by atoms with E-state index in [9.17, 15) is 8.42 Å². The maximum Gasteiger partial charge on any atom is 0.152 e. The molecule has 3 aromatic carbocycles. The van der Waals surface area contributed by atoms with E-state index in [0.717, 1.165) is 64.4 Å². The van der Waals surface area contributed by atoms with Crippen molar-refractivity contribution in [3.8, 4) is 11.5 Å². The van der Waals surface area contributed by atoms with Crippen molar-refractivity contribution in [1.29, 1.82) is 0 Å². The highest BCUT2D eigenvalue weighted by molar-refractivity contribution is 7.91. The van der Waals surface area contributed by atoms with Crippen LogP contribution in [0, 0.1) is 0 Å². The van der Waals surface area contributed by atoms with Gasteiger partial charge >= 0.3 is 0 Å². The fourth-order valence-corrected chi connectivity index (χ4v) is 5.87. The van der Waals surface area contributed by atoms with Gasteiger partial charge in [-0.3, -0.25) is 0 Å². The molecule has 4 aromatic rings. The Labute approximate surface area is 223 Å². The number of anilines is 2. The van der Waals surface area contributed by atoms with Crippen LogP contribution in [0.2, 0.25) is 0 Å². The number of hydrogen-bond acceptors (Lipinski definition) is 8. The van der Waals surface area contributed by atoms with Crippen LogP contribution in [-0.2, 0) is 22.9 Å². The number of nitrogens with zero attached hydrogens (tertiary/aromatic N) is 3. The fraction of sp³-hybridized carbons (Fsp3) is 0.310. The minimum absolute atomic E-state index is 0.249.